The highest BCUT2D eigenvalue weighted by atomic mass is 32.1. The number of carbonyl (C=O) groups is 1. The van der Waals surface area contributed by atoms with E-state index in [0.29, 0.717) is 17.4 Å². The second kappa shape index (κ2) is 6.20. The predicted octanol–water partition coefficient (Wildman–Crippen LogP) is 3.41. The van der Waals surface area contributed by atoms with Crippen molar-refractivity contribution in [3.05, 3.63) is 16.8 Å². The average Bonchev–Trinajstić information content (AvgIpc) is 2.85. The third kappa shape index (κ3) is 2.67. The summed E-state index contributed by atoms with van der Waals surface area (Å²) in [5.74, 6) is 1.36. The van der Waals surface area contributed by atoms with E-state index < -0.39 is 0 Å². The van der Waals surface area contributed by atoms with Crippen molar-refractivity contribution in [2.45, 2.75) is 33.6 Å². The number of fused-ring (bicyclic) bond motifs is 1. The highest BCUT2D eigenvalue weighted by Gasteiger charge is 2.24. The molecule has 3 rings (SSSR count). The first-order valence-electron chi connectivity index (χ1n) is 7.78. The van der Waals surface area contributed by atoms with Gasteiger partial charge in [0, 0.05) is 13.1 Å². The first kappa shape index (κ1) is 15.2. The van der Waals surface area contributed by atoms with Crippen molar-refractivity contribution in [1.29, 1.82) is 0 Å². The summed E-state index contributed by atoms with van der Waals surface area (Å²) in [6.07, 6.45) is 4.05. The van der Waals surface area contributed by atoms with Gasteiger partial charge in [0.2, 0.25) is 0 Å². The molecule has 5 nitrogen and oxygen atoms in total. The number of aryl methyl sites for hydroxylation is 1. The van der Waals surface area contributed by atoms with Crippen molar-refractivity contribution in [2.75, 3.05) is 24.6 Å². The number of rotatable bonds is 3. The Labute approximate surface area is 134 Å². The van der Waals surface area contributed by atoms with E-state index in [0.717, 1.165) is 34.7 Å². The molecule has 118 valence electrons. The summed E-state index contributed by atoms with van der Waals surface area (Å²) in [5, 5.41) is 1.00. The van der Waals surface area contributed by atoms with Crippen LogP contribution in [-0.2, 0) is 4.74 Å². The summed E-state index contributed by atoms with van der Waals surface area (Å²) < 4.78 is 5.15. The van der Waals surface area contributed by atoms with Gasteiger partial charge in [-0.2, -0.15) is 0 Å². The molecule has 3 heterocycles. The van der Waals surface area contributed by atoms with Gasteiger partial charge in [-0.1, -0.05) is 6.92 Å². The molecule has 0 amide bonds. The Kier molecular flexibility index (Phi) is 4.29. The number of hydrogen-bond donors (Lipinski definition) is 0. The van der Waals surface area contributed by atoms with E-state index in [1.54, 1.807) is 6.33 Å². The van der Waals surface area contributed by atoms with Crippen LogP contribution in [0, 0.1) is 12.8 Å². The fourth-order valence-corrected chi connectivity index (χ4v) is 4.10. The number of aromatic nitrogens is 2. The minimum atomic E-state index is -0.263. The third-order valence-electron chi connectivity index (χ3n) is 4.12. The molecule has 22 heavy (non-hydrogen) atoms. The normalized spacial score (nSPS) is 18.7. The van der Waals surface area contributed by atoms with Gasteiger partial charge in [0.15, 0.2) is 0 Å². The van der Waals surface area contributed by atoms with E-state index in [4.69, 9.17) is 4.74 Å². The van der Waals surface area contributed by atoms with Gasteiger partial charge in [0.05, 0.1) is 12.0 Å². The molecule has 0 unspecified atom stereocenters. The molecule has 0 bridgehead atoms. The van der Waals surface area contributed by atoms with Gasteiger partial charge in [-0.15, -0.1) is 11.3 Å². The zero-order valence-electron chi connectivity index (χ0n) is 13.3. The van der Waals surface area contributed by atoms with E-state index in [1.165, 1.54) is 24.2 Å². The molecule has 1 fully saturated rings. The van der Waals surface area contributed by atoms with Crippen LogP contribution in [0.15, 0.2) is 6.33 Å². The Morgan fingerprint density at radius 1 is 1.50 bits per heavy atom. The number of carbonyl (C=O) groups excluding carboxylic acids is 1. The van der Waals surface area contributed by atoms with Crippen LogP contribution in [0.1, 0.15) is 41.9 Å². The van der Waals surface area contributed by atoms with Crippen molar-refractivity contribution < 1.29 is 9.53 Å². The van der Waals surface area contributed by atoms with Crippen molar-refractivity contribution in [3.8, 4) is 0 Å². The predicted molar refractivity (Wildman–Crippen MR) is 88.7 cm³/mol. The van der Waals surface area contributed by atoms with Gasteiger partial charge in [0.25, 0.3) is 0 Å². The monoisotopic (exact) mass is 319 g/mol. The highest BCUT2D eigenvalue weighted by molar-refractivity contribution is 7.20. The molecule has 6 heteroatoms. The van der Waals surface area contributed by atoms with Crippen molar-refractivity contribution in [3.63, 3.8) is 0 Å². The number of nitrogens with zero attached hydrogens (tertiary/aromatic N) is 3. The standard InChI is InChI=1S/C16H21N3O2S/c1-4-21-16(20)13-11(3)12-14(17-9-18-15(12)22-13)19-7-5-6-10(2)8-19/h9-10H,4-8H2,1-3H3/t10-/m0/s1. The molecule has 2 aromatic heterocycles. The third-order valence-corrected chi connectivity index (χ3v) is 5.30. The van der Waals surface area contributed by atoms with Gasteiger partial charge in [0.1, 0.15) is 21.9 Å². The second-order valence-corrected chi connectivity index (χ2v) is 6.85. The molecular formula is C16H21N3O2S. The molecule has 1 aliphatic rings. The van der Waals surface area contributed by atoms with Crippen LogP contribution in [0.5, 0.6) is 0 Å². The number of piperidine rings is 1. The average molecular weight is 319 g/mol. The molecule has 1 saturated heterocycles. The molecule has 0 spiro atoms. The molecule has 0 aliphatic carbocycles. The van der Waals surface area contributed by atoms with Crippen LogP contribution in [0.25, 0.3) is 10.2 Å². The Balaban J connectivity index is 2.06. The summed E-state index contributed by atoms with van der Waals surface area (Å²) in [7, 11) is 0. The van der Waals surface area contributed by atoms with Crippen LogP contribution in [-0.4, -0.2) is 35.6 Å². The molecule has 0 saturated carbocycles. The highest BCUT2D eigenvalue weighted by Crippen LogP contribution is 2.36. The molecule has 0 radical (unpaired) electrons. The fraction of sp³-hybridized carbons (Fsp3) is 0.562. The summed E-state index contributed by atoms with van der Waals surface area (Å²) in [6.45, 7) is 8.46. The number of hydrogen-bond acceptors (Lipinski definition) is 6. The fourth-order valence-electron chi connectivity index (χ4n) is 3.07. The Morgan fingerprint density at radius 2 is 2.32 bits per heavy atom. The van der Waals surface area contributed by atoms with Crippen molar-refractivity contribution >= 4 is 33.3 Å². The van der Waals surface area contributed by atoms with Gasteiger partial charge in [-0.3, -0.25) is 0 Å². The van der Waals surface area contributed by atoms with E-state index in [-0.39, 0.29) is 5.97 Å². The molecule has 0 N–H and O–H groups in total. The maximum Gasteiger partial charge on any atom is 0.348 e. The van der Waals surface area contributed by atoms with Crippen LogP contribution in [0.4, 0.5) is 5.82 Å². The Hall–Kier alpha value is -1.69. The number of thiophene rings is 1. The van der Waals surface area contributed by atoms with Crippen LogP contribution < -0.4 is 4.90 Å². The first-order chi connectivity index (χ1) is 10.6. The van der Waals surface area contributed by atoms with Gasteiger partial charge in [-0.25, -0.2) is 14.8 Å². The van der Waals surface area contributed by atoms with E-state index in [1.807, 2.05) is 13.8 Å². The topological polar surface area (TPSA) is 55.3 Å². The smallest absolute Gasteiger partial charge is 0.348 e. The van der Waals surface area contributed by atoms with Gasteiger partial charge >= 0.3 is 5.97 Å². The molecule has 1 aliphatic heterocycles. The zero-order valence-corrected chi connectivity index (χ0v) is 14.1. The maximum atomic E-state index is 12.1. The van der Waals surface area contributed by atoms with E-state index in [9.17, 15) is 4.79 Å². The van der Waals surface area contributed by atoms with Gasteiger partial charge in [-0.05, 0) is 38.2 Å². The lowest BCUT2D eigenvalue weighted by atomic mass is 10.00. The second-order valence-electron chi connectivity index (χ2n) is 5.85. The minimum Gasteiger partial charge on any atom is -0.462 e. The molecule has 0 aromatic carbocycles. The molecule has 1 atom stereocenters. The van der Waals surface area contributed by atoms with Crippen LogP contribution in [0.3, 0.4) is 0 Å². The van der Waals surface area contributed by atoms with Crippen molar-refractivity contribution in [1.82, 2.24) is 9.97 Å². The largest absolute Gasteiger partial charge is 0.462 e. The Bertz CT molecular complexity index is 698. The lowest BCUT2D eigenvalue weighted by molar-refractivity contribution is 0.0531. The SMILES string of the molecule is CCOC(=O)c1sc2ncnc(N3CCC[C@H](C)C3)c2c1C. The molecular weight excluding hydrogens is 298 g/mol. The summed E-state index contributed by atoms with van der Waals surface area (Å²) >= 11 is 1.40. The lowest BCUT2D eigenvalue weighted by Crippen LogP contribution is -2.35. The Morgan fingerprint density at radius 3 is 3.05 bits per heavy atom. The first-order valence-corrected chi connectivity index (χ1v) is 8.59. The minimum absolute atomic E-state index is 0.263. The summed E-state index contributed by atoms with van der Waals surface area (Å²) in [5.41, 5.74) is 0.937. The zero-order chi connectivity index (χ0) is 15.7. The van der Waals surface area contributed by atoms with Crippen LogP contribution in [0.2, 0.25) is 0 Å². The van der Waals surface area contributed by atoms with E-state index >= 15 is 0 Å². The van der Waals surface area contributed by atoms with E-state index in [2.05, 4.69) is 21.8 Å². The number of anilines is 1. The molecule has 2 aromatic rings. The number of esters is 1. The van der Waals surface area contributed by atoms with Crippen LogP contribution >= 0.6 is 11.3 Å². The summed E-state index contributed by atoms with van der Waals surface area (Å²) in [4.78, 5) is 24.8. The quantitative estimate of drug-likeness (QED) is 0.812. The number of ether oxygens (including phenoxy) is 1. The maximum absolute atomic E-state index is 12.1. The summed E-state index contributed by atoms with van der Waals surface area (Å²) in [6, 6.07) is 0. The van der Waals surface area contributed by atoms with Crippen molar-refractivity contribution in [2.24, 2.45) is 5.92 Å². The lowest BCUT2D eigenvalue weighted by Gasteiger charge is -2.32. The van der Waals surface area contributed by atoms with Gasteiger partial charge < -0.3 is 9.64 Å².